The molecule has 26 heavy (non-hydrogen) atoms. The smallest absolute Gasteiger partial charge is 0.303 e. The van der Waals surface area contributed by atoms with Crippen LogP contribution >= 0.6 is 0 Å². The van der Waals surface area contributed by atoms with Gasteiger partial charge in [-0.15, -0.1) is 0 Å². The Bertz CT molecular complexity index is 761. The maximum Gasteiger partial charge on any atom is 0.303 e. The van der Waals surface area contributed by atoms with Crippen molar-refractivity contribution in [3.05, 3.63) is 53.8 Å². The van der Waals surface area contributed by atoms with Crippen LogP contribution in [0.5, 0.6) is 5.75 Å². The van der Waals surface area contributed by atoms with Crippen molar-refractivity contribution in [1.82, 2.24) is 0 Å². The van der Waals surface area contributed by atoms with Gasteiger partial charge in [0.05, 0.1) is 6.10 Å². The van der Waals surface area contributed by atoms with Gasteiger partial charge in [0.25, 0.3) is 0 Å². The van der Waals surface area contributed by atoms with Gasteiger partial charge in [-0.3, -0.25) is 4.79 Å². The standard InChI is InChI=1S/C22H25FO3/c1-14(2)26-19-8-9-21(23)20(13-19)17-6-4-16(5-7-17)18-11-15(12-18)3-10-22(24)25/h4-9,13-15,18H,3,10-12H2,1-2H3,(H,24,25)/t15-,18+. The molecule has 1 saturated carbocycles. The number of hydrogen-bond acceptors (Lipinski definition) is 2. The highest BCUT2D eigenvalue weighted by atomic mass is 19.1. The van der Waals surface area contributed by atoms with Crippen LogP contribution in [0.2, 0.25) is 0 Å². The first kappa shape index (κ1) is 18.4. The Balaban J connectivity index is 1.66. The lowest BCUT2D eigenvalue weighted by molar-refractivity contribution is -0.137. The van der Waals surface area contributed by atoms with Crippen LogP contribution in [0.1, 0.15) is 51.0 Å². The maximum atomic E-state index is 14.2. The quantitative estimate of drug-likeness (QED) is 0.698. The number of carbonyl (C=O) groups is 1. The van der Waals surface area contributed by atoms with Crippen LogP contribution in [-0.4, -0.2) is 17.2 Å². The lowest BCUT2D eigenvalue weighted by Crippen LogP contribution is -2.22. The number of hydrogen-bond donors (Lipinski definition) is 1. The molecule has 0 heterocycles. The van der Waals surface area contributed by atoms with Crippen molar-refractivity contribution in [2.75, 3.05) is 0 Å². The summed E-state index contributed by atoms with van der Waals surface area (Å²) in [6, 6.07) is 12.9. The van der Waals surface area contributed by atoms with E-state index in [1.54, 1.807) is 12.1 Å². The van der Waals surface area contributed by atoms with Gasteiger partial charge in [-0.05, 0) is 74.3 Å². The molecule has 1 aliphatic rings. The second-order valence-corrected chi connectivity index (χ2v) is 7.40. The van der Waals surface area contributed by atoms with E-state index in [1.807, 2.05) is 26.0 Å². The van der Waals surface area contributed by atoms with Crippen molar-refractivity contribution in [3.8, 4) is 16.9 Å². The number of aliphatic carboxylic acids is 1. The van der Waals surface area contributed by atoms with Crippen LogP contribution in [0.15, 0.2) is 42.5 Å². The second-order valence-electron chi connectivity index (χ2n) is 7.40. The van der Waals surface area contributed by atoms with E-state index < -0.39 is 5.97 Å². The van der Waals surface area contributed by atoms with Gasteiger partial charge < -0.3 is 9.84 Å². The summed E-state index contributed by atoms with van der Waals surface area (Å²) in [6.45, 7) is 3.89. The van der Waals surface area contributed by atoms with Crippen LogP contribution in [0.25, 0.3) is 11.1 Å². The molecule has 0 unspecified atom stereocenters. The minimum Gasteiger partial charge on any atom is -0.491 e. The largest absolute Gasteiger partial charge is 0.491 e. The molecule has 0 spiro atoms. The van der Waals surface area contributed by atoms with Gasteiger partial charge in [-0.25, -0.2) is 4.39 Å². The summed E-state index contributed by atoms with van der Waals surface area (Å²) in [7, 11) is 0. The van der Waals surface area contributed by atoms with Gasteiger partial charge in [0, 0.05) is 12.0 Å². The highest BCUT2D eigenvalue weighted by Gasteiger charge is 2.30. The third kappa shape index (κ3) is 4.43. The molecule has 1 aliphatic carbocycles. The zero-order valence-electron chi connectivity index (χ0n) is 15.2. The van der Waals surface area contributed by atoms with E-state index in [1.165, 1.54) is 11.6 Å². The molecule has 3 nitrogen and oxygen atoms in total. The molecule has 2 aromatic rings. The number of carboxylic acids is 1. The summed E-state index contributed by atoms with van der Waals surface area (Å²) < 4.78 is 19.9. The minimum atomic E-state index is -0.719. The molecule has 0 radical (unpaired) electrons. The first-order chi connectivity index (χ1) is 12.4. The predicted octanol–water partition coefficient (Wildman–Crippen LogP) is 5.64. The Kier molecular flexibility index (Phi) is 5.60. The third-order valence-corrected chi connectivity index (χ3v) is 5.00. The topological polar surface area (TPSA) is 46.5 Å². The lowest BCUT2D eigenvalue weighted by atomic mass is 9.69. The van der Waals surface area contributed by atoms with Crippen LogP contribution < -0.4 is 4.74 Å². The van der Waals surface area contributed by atoms with Gasteiger partial charge in [0.2, 0.25) is 0 Å². The van der Waals surface area contributed by atoms with Crippen molar-refractivity contribution in [1.29, 1.82) is 0 Å². The molecular weight excluding hydrogens is 331 g/mol. The first-order valence-electron chi connectivity index (χ1n) is 9.20. The molecule has 2 aromatic carbocycles. The molecule has 0 atom stereocenters. The van der Waals surface area contributed by atoms with Gasteiger partial charge >= 0.3 is 5.97 Å². The first-order valence-corrected chi connectivity index (χ1v) is 9.20. The van der Waals surface area contributed by atoms with Crippen LogP contribution in [0.3, 0.4) is 0 Å². The molecule has 1 N–H and O–H groups in total. The number of halogens is 1. The van der Waals surface area contributed by atoms with Gasteiger partial charge in [-0.2, -0.15) is 0 Å². The molecule has 0 saturated heterocycles. The normalized spacial score (nSPS) is 19.2. The average molecular weight is 356 g/mol. The summed E-state index contributed by atoms with van der Waals surface area (Å²) >= 11 is 0. The van der Waals surface area contributed by atoms with E-state index in [9.17, 15) is 9.18 Å². The van der Waals surface area contributed by atoms with Crippen molar-refractivity contribution in [2.24, 2.45) is 5.92 Å². The molecule has 0 bridgehead atoms. The fraction of sp³-hybridized carbons (Fsp3) is 0.409. The highest BCUT2D eigenvalue weighted by molar-refractivity contribution is 5.67. The lowest BCUT2D eigenvalue weighted by Gasteiger charge is -2.35. The minimum absolute atomic E-state index is 0.0448. The number of carboxylic acid groups (broad SMARTS) is 1. The molecule has 0 aromatic heterocycles. The number of rotatable bonds is 7. The van der Waals surface area contributed by atoms with Gasteiger partial charge in [0.15, 0.2) is 0 Å². The molecule has 0 aliphatic heterocycles. The summed E-state index contributed by atoms with van der Waals surface area (Å²) in [5.74, 6) is 0.692. The Morgan fingerprint density at radius 3 is 2.50 bits per heavy atom. The molecule has 0 amide bonds. The Morgan fingerprint density at radius 1 is 1.19 bits per heavy atom. The predicted molar refractivity (Wildman–Crippen MR) is 99.9 cm³/mol. The fourth-order valence-electron chi connectivity index (χ4n) is 3.58. The monoisotopic (exact) mass is 356 g/mol. The molecule has 138 valence electrons. The van der Waals surface area contributed by atoms with Crippen LogP contribution in [0.4, 0.5) is 4.39 Å². The van der Waals surface area contributed by atoms with Crippen molar-refractivity contribution in [3.63, 3.8) is 0 Å². The zero-order chi connectivity index (χ0) is 18.7. The number of benzene rings is 2. The van der Waals surface area contributed by atoms with E-state index in [0.717, 1.165) is 24.8 Å². The summed E-state index contributed by atoms with van der Waals surface area (Å²) in [6.07, 6.45) is 3.14. The Morgan fingerprint density at radius 2 is 1.88 bits per heavy atom. The van der Waals surface area contributed by atoms with Crippen molar-refractivity contribution >= 4 is 5.97 Å². The van der Waals surface area contributed by atoms with E-state index in [-0.39, 0.29) is 18.3 Å². The van der Waals surface area contributed by atoms with Gasteiger partial charge in [-0.1, -0.05) is 24.3 Å². The molecular formula is C22H25FO3. The molecule has 4 heteroatoms. The van der Waals surface area contributed by atoms with E-state index in [4.69, 9.17) is 9.84 Å². The average Bonchev–Trinajstić information content (AvgIpc) is 2.55. The summed E-state index contributed by atoms with van der Waals surface area (Å²) in [5.41, 5.74) is 2.63. The molecule has 3 rings (SSSR count). The van der Waals surface area contributed by atoms with Gasteiger partial charge in [0.1, 0.15) is 11.6 Å². The SMILES string of the molecule is CC(C)Oc1ccc(F)c(-c2ccc([C@H]3C[C@@H](CCC(=O)O)C3)cc2)c1. The maximum absolute atomic E-state index is 14.2. The Hall–Kier alpha value is -2.36. The zero-order valence-corrected chi connectivity index (χ0v) is 15.2. The van der Waals surface area contributed by atoms with E-state index >= 15 is 0 Å². The van der Waals surface area contributed by atoms with Crippen molar-refractivity contribution < 1.29 is 19.0 Å². The number of ether oxygens (including phenoxy) is 1. The van der Waals surface area contributed by atoms with Crippen molar-refractivity contribution in [2.45, 2.75) is 51.6 Å². The van der Waals surface area contributed by atoms with Crippen LogP contribution in [-0.2, 0) is 4.79 Å². The van der Waals surface area contributed by atoms with Crippen LogP contribution in [0, 0.1) is 11.7 Å². The summed E-state index contributed by atoms with van der Waals surface area (Å²) in [4.78, 5) is 10.6. The second kappa shape index (κ2) is 7.90. The Labute approximate surface area is 153 Å². The van der Waals surface area contributed by atoms with E-state index in [0.29, 0.717) is 23.1 Å². The highest BCUT2D eigenvalue weighted by Crippen LogP contribution is 2.44. The van der Waals surface area contributed by atoms with E-state index in [2.05, 4.69) is 12.1 Å². The fourth-order valence-corrected chi connectivity index (χ4v) is 3.58. The molecule has 1 fully saturated rings. The third-order valence-electron chi connectivity index (χ3n) is 5.00. The summed E-state index contributed by atoms with van der Waals surface area (Å²) in [5, 5.41) is 8.75.